The molecule has 0 heterocycles. The van der Waals surface area contributed by atoms with E-state index in [1.165, 1.54) is 89.0 Å². The van der Waals surface area contributed by atoms with Gasteiger partial charge in [0.2, 0.25) is 0 Å². The summed E-state index contributed by atoms with van der Waals surface area (Å²) in [5.74, 6) is 1.83. The van der Waals surface area contributed by atoms with Crippen LogP contribution >= 0.6 is 0 Å². The molecule has 0 amide bonds. The Morgan fingerprint density at radius 1 is 0.735 bits per heavy atom. The first kappa shape index (κ1) is 26.4. The molecule has 0 bridgehead atoms. The fourth-order valence-electron chi connectivity index (χ4n) is 5.18. The third-order valence-corrected chi connectivity index (χ3v) is 7.29. The molecule has 1 nitrogen and oxygen atoms in total. The standard InChI is InChI=1S/C31H42F2O/c1-2-3-4-5-6-7-8-9-10-25-13-19-28(20-14-25)29-21-15-26(16-22-29)11-12-27-17-23-30(24-18-27)34-31(32)33/h11-12,15-18,21-25,28,31H,2-10,13-14,19-20H2,1H3. The van der Waals surface area contributed by atoms with Crippen molar-refractivity contribution in [2.75, 3.05) is 0 Å². The molecule has 0 aromatic heterocycles. The lowest BCUT2D eigenvalue weighted by Crippen LogP contribution is -2.13. The van der Waals surface area contributed by atoms with Crippen molar-refractivity contribution in [3.63, 3.8) is 0 Å². The highest BCUT2D eigenvalue weighted by Gasteiger charge is 2.21. The molecule has 34 heavy (non-hydrogen) atoms. The van der Waals surface area contributed by atoms with Gasteiger partial charge in [-0.1, -0.05) is 113 Å². The second-order valence-electron chi connectivity index (χ2n) is 9.93. The zero-order valence-electron chi connectivity index (χ0n) is 20.9. The molecule has 0 spiro atoms. The van der Waals surface area contributed by atoms with Crippen LogP contribution in [0.4, 0.5) is 8.78 Å². The van der Waals surface area contributed by atoms with E-state index in [0.717, 1.165) is 17.0 Å². The van der Waals surface area contributed by atoms with Gasteiger partial charge >= 0.3 is 6.61 Å². The first-order chi connectivity index (χ1) is 16.6. The summed E-state index contributed by atoms with van der Waals surface area (Å²) < 4.78 is 28.9. The largest absolute Gasteiger partial charge is 0.435 e. The van der Waals surface area contributed by atoms with Crippen LogP contribution in [0.5, 0.6) is 5.75 Å². The van der Waals surface area contributed by atoms with Crippen molar-refractivity contribution >= 4 is 12.2 Å². The number of hydrogen-bond acceptors (Lipinski definition) is 1. The molecule has 0 aliphatic heterocycles. The van der Waals surface area contributed by atoms with Crippen LogP contribution in [0.3, 0.4) is 0 Å². The number of rotatable bonds is 14. The number of alkyl halides is 2. The van der Waals surface area contributed by atoms with E-state index < -0.39 is 6.61 Å². The Hall–Kier alpha value is -2.16. The molecule has 2 aromatic rings. The van der Waals surface area contributed by atoms with Gasteiger partial charge in [0, 0.05) is 0 Å². The van der Waals surface area contributed by atoms with Crippen molar-refractivity contribution in [3.05, 3.63) is 65.2 Å². The highest BCUT2D eigenvalue weighted by Crippen LogP contribution is 2.38. The Morgan fingerprint density at radius 2 is 1.26 bits per heavy atom. The van der Waals surface area contributed by atoms with Gasteiger partial charge in [-0.3, -0.25) is 0 Å². The van der Waals surface area contributed by atoms with Gasteiger partial charge in [0.25, 0.3) is 0 Å². The maximum absolute atomic E-state index is 12.3. The predicted octanol–water partition coefficient (Wildman–Crippen LogP) is 10.3. The first-order valence-electron chi connectivity index (χ1n) is 13.5. The van der Waals surface area contributed by atoms with Crippen LogP contribution in [0.25, 0.3) is 12.2 Å². The van der Waals surface area contributed by atoms with Crippen molar-refractivity contribution < 1.29 is 13.5 Å². The Kier molecular flexibility index (Phi) is 11.6. The van der Waals surface area contributed by atoms with E-state index in [0.29, 0.717) is 5.92 Å². The summed E-state index contributed by atoms with van der Waals surface area (Å²) in [5, 5.41) is 0. The van der Waals surface area contributed by atoms with Gasteiger partial charge in [0.05, 0.1) is 0 Å². The Balaban J connectivity index is 1.35. The molecule has 1 aliphatic carbocycles. The topological polar surface area (TPSA) is 9.23 Å². The van der Waals surface area contributed by atoms with Gasteiger partial charge in [0.1, 0.15) is 5.75 Å². The maximum atomic E-state index is 12.3. The summed E-state index contributed by atoms with van der Waals surface area (Å²) in [6.07, 6.45) is 22.2. The van der Waals surface area contributed by atoms with Crippen LogP contribution in [-0.4, -0.2) is 6.61 Å². The van der Waals surface area contributed by atoms with Crippen molar-refractivity contribution in [2.24, 2.45) is 5.92 Å². The number of halogens is 2. The van der Waals surface area contributed by atoms with Crippen LogP contribution in [0.1, 0.15) is 113 Å². The summed E-state index contributed by atoms with van der Waals surface area (Å²) in [4.78, 5) is 0. The quantitative estimate of drug-likeness (QED) is 0.198. The van der Waals surface area contributed by atoms with Gasteiger partial charge < -0.3 is 4.74 Å². The maximum Gasteiger partial charge on any atom is 0.387 e. The fourth-order valence-corrected chi connectivity index (χ4v) is 5.18. The van der Waals surface area contributed by atoms with Gasteiger partial charge in [0.15, 0.2) is 0 Å². The molecule has 186 valence electrons. The van der Waals surface area contributed by atoms with Gasteiger partial charge in [-0.2, -0.15) is 8.78 Å². The second-order valence-corrected chi connectivity index (χ2v) is 9.93. The molecule has 3 rings (SSSR count). The lowest BCUT2D eigenvalue weighted by atomic mass is 9.77. The zero-order chi connectivity index (χ0) is 24.0. The third kappa shape index (κ3) is 9.60. The lowest BCUT2D eigenvalue weighted by Gasteiger charge is -2.29. The monoisotopic (exact) mass is 468 g/mol. The van der Waals surface area contributed by atoms with E-state index in [9.17, 15) is 8.78 Å². The number of benzene rings is 2. The molecule has 0 radical (unpaired) electrons. The Labute approximate surface area is 205 Å². The molecule has 3 heteroatoms. The smallest absolute Gasteiger partial charge is 0.387 e. The molecule has 0 unspecified atom stereocenters. The zero-order valence-corrected chi connectivity index (χ0v) is 20.9. The highest BCUT2D eigenvalue weighted by molar-refractivity contribution is 5.69. The van der Waals surface area contributed by atoms with E-state index in [1.54, 1.807) is 24.3 Å². The van der Waals surface area contributed by atoms with Gasteiger partial charge in [-0.15, -0.1) is 0 Å². The number of unbranched alkanes of at least 4 members (excludes halogenated alkanes) is 7. The molecule has 1 aliphatic rings. The van der Waals surface area contributed by atoms with Crippen LogP contribution < -0.4 is 4.74 Å². The molecule has 1 saturated carbocycles. The van der Waals surface area contributed by atoms with Crippen LogP contribution in [0.2, 0.25) is 0 Å². The van der Waals surface area contributed by atoms with Crippen LogP contribution in [0.15, 0.2) is 48.5 Å². The average molecular weight is 469 g/mol. The fraction of sp³-hybridized carbons (Fsp3) is 0.548. The number of hydrogen-bond donors (Lipinski definition) is 0. The van der Waals surface area contributed by atoms with E-state index in [2.05, 4.69) is 42.0 Å². The van der Waals surface area contributed by atoms with Crippen LogP contribution in [0, 0.1) is 5.92 Å². The molecule has 1 fully saturated rings. The average Bonchev–Trinajstić information content (AvgIpc) is 2.86. The molecule has 2 aromatic carbocycles. The summed E-state index contributed by atoms with van der Waals surface area (Å²) in [7, 11) is 0. The van der Waals surface area contributed by atoms with E-state index in [4.69, 9.17) is 0 Å². The normalized spacial score (nSPS) is 18.6. The van der Waals surface area contributed by atoms with Crippen molar-refractivity contribution in [1.29, 1.82) is 0 Å². The van der Waals surface area contributed by atoms with Crippen molar-refractivity contribution in [3.8, 4) is 5.75 Å². The van der Waals surface area contributed by atoms with Gasteiger partial charge in [-0.25, -0.2) is 0 Å². The molecular weight excluding hydrogens is 426 g/mol. The highest BCUT2D eigenvalue weighted by atomic mass is 19.3. The van der Waals surface area contributed by atoms with Crippen molar-refractivity contribution in [2.45, 2.75) is 103 Å². The van der Waals surface area contributed by atoms with E-state index in [-0.39, 0.29) is 5.75 Å². The molecule has 0 atom stereocenters. The SMILES string of the molecule is CCCCCCCCCCC1CCC(c2ccc(C=Cc3ccc(OC(F)F)cc3)cc2)CC1. The minimum Gasteiger partial charge on any atom is -0.435 e. The van der Waals surface area contributed by atoms with E-state index >= 15 is 0 Å². The predicted molar refractivity (Wildman–Crippen MR) is 140 cm³/mol. The summed E-state index contributed by atoms with van der Waals surface area (Å²) >= 11 is 0. The Morgan fingerprint density at radius 3 is 1.82 bits per heavy atom. The summed E-state index contributed by atoms with van der Waals surface area (Å²) in [5.41, 5.74) is 3.58. The first-order valence-corrected chi connectivity index (χ1v) is 13.5. The van der Waals surface area contributed by atoms with Crippen molar-refractivity contribution in [1.82, 2.24) is 0 Å². The Bertz CT molecular complexity index is 818. The van der Waals surface area contributed by atoms with E-state index in [1.807, 2.05) is 6.08 Å². The molecular formula is C31H42F2O. The third-order valence-electron chi connectivity index (χ3n) is 7.29. The van der Waals surface area contributed by atoms with Crippen LogP contribution in [-0.2, 0) is 0 Å². The van der Waals surface area contributed by atoms with Gasteiger partial charge in [-0.05, 0) is 66.3 Å². The summed E-state index contributed by atoms with van der Waals surface area (Å²) in [6.45, 7) is -0.505. The second kappa shape index (κ2) is 15.0. The summed E-state index contributed by atoms with van der Waals surface area (Å²) in [6, 6.07) is 15.6. The molecule has 0 saturated heterocycles. The molecule has 0 N–H and O–H groups in total. The lowest BCUT2D eigenvalue weighted by molar-refractivity contribution is -0.0498. The number of ether oxygens (including phenoxy) is 1. The minimum atomic E-state index is -2.79. The minimum absolute atomic E-state index is 0.184.